The molecule has 0 unspecified atom stereocenters. The molecule has 0 aliphatic carbocycles. The molecule has 26 heavy (non-hydrogen) atoms. The molecule has 2 aromatic rings. The van der Waals surface area contributed by atoms with Gasteiger partial charge in [-0.3, -0.25) is 13.8 Å². The van der Waals surface area contributed by atoms with Gasteiger partial charge in [0.15, 0.2) is 6.10 Å². The number of carbonyl (C=O) groups is 3. The Kier molecular flexibility index (Phi) is 6.24. The minimum atomic E-state index is -1.36. The van der Waals surface area contributed by atoms with E-state index < -0.39 is 34.7 Å². The zero-order valence-corrected chi connectivity index (χ0v) is 15.0. The van der Waals surface area contributed by atoms with Crippen molar-refractivity contribution < 1.29 is 23.3 Å². The highest BCUT2D eigenvalue weighted by Crippen LogP contribution is 2.15. The molecule has 0 bridgehead atoms. The first-order valence-electron chi connectivity index (χ1n) is 7.63. The van der Waals surface area contributed by atoms with Crippen LogP contribution in [-0.2, 0) is 20.3 Å². The second kappa shape index (κ2) is 8.39. The number of hydrogen-bond donors (Lipinski definition) is 2. The molecule has 2 amide bonds. The van der Waals surface area contributed by atoms with Gasteiger partial charge in [-0.1, -0.05) is 12.1 Å². The minimum Gasteiger partial charge on any atom is -0.449 e. The van der Waals surface area contributed by atoms with Crippen LogP contribution in [-0.4, -0.2) is 34.4 Å². The fraction of sp³-hybridized carbons (Fsp3) is 0.167. The first kappa shape index (κ1) is 19.3. The molecule has 0 saturated heterocycles. The Morgan fingerprint density at radius 1 is 1.08 bits per heavy atom. The molecule has 0 aromatic heterocycles. The van der Waals surface area contributed by atoms with E-state index in [-0.39, 0.29) is 5.56 Å². The smallest absolute Gasteiger partial charge is 0.340 e. The highest BCUT2D eigenvalue weighted by molar-refractivity contribution is 7.84. The van der Waals surface area contributed by atoms with Gasteiger partial charge in [-0.15, -0.1) is 0 Å². The van der Waals surface area contributed by atoms with Crippen LogP contribution in [0.25, 0.3) is 0 Å². The normalized spacial score (nSPS) is 12.7. The first-order chi connectivity index (χ1) is 12.3. The lowest BCUT2D eigenvalue weighted by molar-refractivity contribution is -0.123. The largest absolute Gasteiger partial charge is 0.449 e. The maximum Gasteiger partial charge on any atom is 0.340 e. The van der Waals surface area contributed by atoms with Crippen molar-refractivity contribution in [2.45, 2.75) is 17.9 Å². The highest BCUT2D eigenvalue weighted by Gasteiger charge is 2.21. The van der Waals surface area contributed by atoms with Gasteiger partial charge in [0, 0.05) is 17.5 Å². The van der Waals surface area contributed by atoms with E-state index in [1.165, 1.54) is 43.5 Å². The quantitative estimate of drug-likeness (QED) is 0.747. The number of primary amides is 1. The number of nitrogens with two attached hydrogens (primary N) is 1. The van der Waals surface area contributed by atoms with Gasteiger partial charge in [0.1, 0.15) is 0 Å². The second-order valence-corrected chi connectivity index (χ2v) is 6.78. The Morgan fingerprint density at radius 3 is 2.27 bits per heavy atom. The van der Waals surface area contributed by atoms with Crippen LogP contribution in [0.15, 0.2) is 53.4 Å². The zero-order chi connectivity index (χ0) is 19.3. The van der Waals surface area contributed by atoms with Crippen LogP contribution in [0.2, 0.25) is 0 Å². The lowest BCUT2D eigenvalue weighted by Gasteiger charge is -2.14. The highest BCUT2D eigenvalue weighted by atomic mass is 32.2. The van der Waals surface area contributed by atoms with Crippen molar-refractivity contribution in [3.05, 3.63) is 59.7 Å². The van der Waals surface area contributed by atoms with Crippen molar-refractivity contribution in [1.29, 1.82) is 0 Å². The Hall–Kier alpha value is -3.00. The van der Waals surface area contributed by atoms with Crippen LogP contribution in [0.1, 0.15) is 27.6 Å². The van der Waals surface area contributed by atoms with Gasteiger partial charge in [-0.05, 0) is 43.3 Å². The van der Waals surface area contributed by atoms with Crippen molar-refractivity contribution >= 4 is 34.3 Å². The summed E-state index contributed by atoms with van der Waals surface area (Å²) >= 11 is 0. The Morgan fingerprint density at radius 2 is 1.69 bits per heavy atom. The standard InChI is InChI=1S/C18H18N2O5S/c1-11(17(22)20-13-9-7-12(8-10-13)16(19)21)25-18(23)14-5-3-4-6-15(14)26(2)24/h3-11H,1-2H3,(H2,19,21)(H,20,22)/t11-,26-/m0/s1. The third-order valence-corrected chi connectivity index (χ3v) is 4.48. The topological polar surface area (TPSA) is 116 Å². The molecule has 0 heterocycles. The molecule has 8 heteroatoms. The summed E-state index contributed by atoms with van der Waals surface area (Å²) in [5, 5.41) is 2.57. The van der Waals surface area contributed by atoms with Crippen LogP contribution in [0.3, 0.4) is 0 Å². The third-order valence-electron chi connectivity index (χ3n) is 3.51. The summed E-state index contributed by atoms with van der Waals surface area (Å²) in [7, 11) is -1.36. The number of ether oxygens (including phenoxy) is 1. The predicted octanol–water partition coefficient (Wildman–Crippen LogP) is 1.71. The molecule has 3 N–H and O–H groups in total. The Bertz CT molecular complexity index is 864. The van der Waals surface area contributed by atoms with Gasteiger partial charge in [-0.2, -0.15) is 0 Å². The van der Waals surface area contributed by atoms with Crippen molar-refractivity contribution in [3.63, 3.8) is 0 Å². The summed E-state index contributed by atoms with van der Waals surface area (Å²) < 4.78 is 16.9. The molecular weight excluding hydrogens is 356 g/mol. The number of esters is 1. The fourth-order valence-electron chi connectivity index (χ4n) is 2.13. The molecule has 0 saturated carbocycles. The van der Waals surface area contributed by atoms with Gasteiger partial charge in [0.05, 0.1) is 21.3 Å². The maximum atomic E-state index is 12.3. The van der Waals surface area contributed by atoms with Crippen molar-refractivity contribution in [2.24, 2.45) is 5.73 Å². The molecule has 7 nitrogen and oxygen atoms in total. The van der Waals surface area contributed by atoms with E-state index in [4.69, 9.17) is 10.5 Å². The number of amides is 2. The SMILES string of the molecule is C[C@H](OC(=O)c1ccccc1[S@](C)=O)C(=O)Nc1ccc(C(N)=O)cc1. The first-order valence-corrected chi connectivity index (χ1v) is 9.19. The molecule has 0 fully saturated rings. The third kappa shape index (κ3) is 4.76. The summed E-state index contributed by atoms with van der Waals surface area (Å²) in [5.74, 6) is -1.85. The predicted molar refractivity (Wildman–Crippen MR) is 97.2 cm³/mol. The average Bonchev–Trinajstić information content (AvgIpc) is 2.61. The van der Waals surface area contributed by atoms with E-state index in [9.17, 15) is 18.6 Å². The summed E-state index contributed by atoms with van der Waals surface area (Å²) in [6.07, 6.45) is 0.384. The van der Waals surface area contributed by atoms with Crippen molar-refractivity contribution in [1.82, 2.24) is 0 Å². The van der Waals surface area contributed by atoms with Gasteiger partial charge in [-0.25, -0.2) is 4.79 Å². The van der Waals surface area contributed by atoms with E-state index >= 15 is 0 Å². The van der Waals surface area contributed by atoms with E-state index in [1.54, 1.807) is 18.2 Å². The number of nitrogens with one attached hydrogen (secondary N) is 1. The molecule has 2 atom stereocenters. The van der Waals surface area contributed by atoms with Crippen LogP contribution in [0, 0.1) is 0 Å². The van der Waals surface area contributed by atoms with Gasteiger partial charge in [0.25, 0.3) is 5.91 Å². The fourth-order valence-corrected chi connectivity index (χ4v) is 2.86. The van der Waals surface area contributed by atoms with Crippen LogP contribution >= 0.6 is 0 Å². The summed E-state index contributed by atoms with van der Waals surface area (Å²) in [6.45, 7) is 1.43. The van der Waals surface area contributed by atoms with E-state index in [0.717, 1.165) is 0 Å². The van der Waals surface area contributed by atoms with Crippen LogP contribution in [0.4, 0.5) is 5.69 Å². The van der Waals surface area contributed by atoms with Gasteiger partial charge < -0.3 is 15.8 Å². The molecule has 0 spiro atoms. The van der Waals surface area contributed by atoms with Gasteiger partial charge in [0.2, 0.25) is 5.91 Å². The number of hydrogen-bond acceptors (Lipinski definition) is 5. The number of carbonyl (C=O) groups excluding carboxylic acids is 3. The van der Waals surface area contributed by atoms with Crippen LogP contribution in [0.5, 0.6) is 0 Å². The molecule has 0 aliphatic heterocycles. The minimum absolute atomic E-state index is 0.152. The van der Waals surface area contributed by atoms with Crippen molar-refractivity contribution in [3.8, 4) is 0 Å². The Balaban J connectivity index is 2.04. The van der Waals surface area contributed by atoms with Gasteiger partial charge >= 0.3 is 5.97 Å². The lowest BCUT2D eigenvalue weighted by atomic mass is 10.2. The van der Waals surface area contributed by atoms with E-state index in [2.05, 4.69) is 5.32 Å². The number of benzene rings is 2. The monoisotopic (exact) mass is 374 g/mol. The van der Waals surface area contributed by atoms with E-state index in [0.29, 0.717) is 16.1 Å². The Labute approximate surface area is 153 Å². The summed E-state index contributed by atoms with van der Waals surface area (Å²) in [5.41, 5.74) is 6.04. The number of anilines is 1. The second-order valence-electron chi connectivity index (χ2n) is 5.43. The molecular formula is C18H18N2O5S. The summed E-state index contributed by atoms with van der Waals surface area (Å²) in [4.78, 5) is 35.8. The molecule has 2 rings (SSSR count). The molecule has 0 aliphatic rings. The molecule has 0 radical (unpaired) electrons. The maximum absolute atomic E-state index is 12.3. The summed E-state index contributed by atoms with van der Waals surface area (Å²) in [6, 6.07) is 12.3. The van der Waals surface area contributed by atoms with E-state index in [1.807, 2.05) is 0 Å². The average molecular weight is 374 g/mol. The van der Waals surface area contributed by atoms with Crippen LogP contribution < -0.4 is 11.1 Å². The molecule has 136 valence electrons. The number of rotatable bonds is 6. The van der Waals surface area contributed by atoms with Crippen molar-refractivity contribution in [2.75, 3.05) is 11.6 Å². The molecule has 2 aromatic carbocycles. The zero-order valence-electron chi connectivity index (χ0n) is 14.2. The lowest BCUT2D eigenvalue weighted by Crippen LogP contribution is -2.30.